The molecule has 0 aliphatic carbocycles. The van der Waals surface area contributed by atoms with Crippen LogP contribution in [0.15, 0.2) is 24.3 Å². The van der Waals surface area contributed by atoms with E-state index in [1.54, 1.807) is 0 Å². The van der Waals surface area contributed by atoms with Crippen LogP contribution >= 0.6 is 0 Å². The van der Waals surface area contributed by atoms with Crippen molar-refractivity contribution in [1.29, 1.82) is 5.26 Å². The van der Waals surface area contributed by atoms with E-state index in [1.807, 2.05) is 12.1 Å². The van der Waals surface area contributed by atoms with Crippen molar-refractivity contribution in [2.24, 2.45) is 0 Å². The smallest absolute Gasteiger partial charge is 0.123 e. The second-order valence-corrected chi connectivity index (χ2v) is 4.65. The van der Waals surface area contributed by atoms with Crippen molar-refractivity contribution in [1.82, 2.24) is 9.80 Å². The van der Waals surface area contributed by atoms with E-state index in [-0.39, 0.29) is 5.82 Å². The summed E-state index contributed by atoms with van der Waals surface area (Å²) >= 11 is 0. The van der Waals surface area contributed by atoms with E-state index in [9.17, 15) is 4.39 Å². The van der Waals surface area contributed by atoms with Gasteiger partial charge in [-0.3, -0.25) is 4.90 Å². The van der Waals surface area contributed by atoms with Crippen molar-refractivity contribution in [2.75, 3.05) is 39.3 Å². The number of nitrogens with zero attached hydrogens (tertiary/aromatic N) is 3. The number of halogens is 1. The first-order valence-corrected chi connectivity index (χ1v) is 6.34. The lowest BCUT2D eigenvalue weighted by Crippen LogP contribution is -2.46. The van der Waals surface area contributed by atoms with Crippen LogP contribution in [0.25, 0.3) is 0 Å². The van der Waals surface area contributed by atoms with Gasteiger partial charge in [-0.1, -0.05) is 12.1 Å². The molecule has 0 aromatic heterocycles. The van der Waals surface area contributed by atoms with E-state index in [0.717, 1.165) is 39.1 Å². The number of hydrogen-bond acceptors (Lipinski definition) is 3. The molecule has 0 saturated carbocycles. The van der Waals surface area contributed by atoms with Crippen LogP contribution in [0.5, 0.6) is 0 Å². The number of hydrogen-bond donors (Lipinski definition) is 0. The maximum absolute atomic E-state index is 12.8. The Morgan fingerprint density at radius 3 is 2.28 bits per heavy atom. The molecule has 1 saturated heterocycles. The average Bonchev–Trinajstić information content (AvgIpc) is 2.40. The van der Waals surface area contributed by atoms with Crippen LogP contribution in [0.3, 0.4) is 0 Å². The molecule has 1 aliphatic rings. The summed E-state index contributed by atoms with van der Waals surface area (Å²) in [7, 11) is 0. The number of benzene rings is 1. The molecule has 96 valence electrons. The third-order valence-electron chi connectivity index (χ3n) is 3.39. The Morgan fingerprint density at radius 1 is 1.06 bits per heavy atom. The second-order valence-electron chi connectivity index (χ2n) is 4.65. The van der Waals surface area contributed by atoms with Crippen molar-refractivity contribution < 1.29 is 4.39 Å². The Balaban J connectivity index is 1.72. The van der Waals surface area contributed by atoms with Crippen molar-refractivity contribution in [3.63, 3.8) is 0 Å². The number of nitriles is 1. The van der Waals surface area contributed by atoms with Gasteiger partial charge in [0.15, 0.2) is 0 Å². The zero-order valence-electron chi connectivity index (χ0n) is 10.5. The van der Waals surface area contributed by atoms with Crippen LogP contribution in [-0.4, -0.2) is 49.1 Å². The third kappa shape index (κ3) is 3.80. The van der Waals surface area contributed by atoms with Gasteiger partial charge in [-0.15, -0.1) is 0 Å². The molecular formula is C14H18FN3. The van der Waals surface area contributed by atoms with Gasteiger partial charge >= 0.3 is 0 Å². The van der Waals surface area contributed by atoms with Gasteiger partial charge in [0, 0.05) is 32.7 Å². The predicted octanol–water partition coefficient (Wildman–Crippen LogP) is 1.51. The van der Waals surface area contributed by atoms with Gasteiger partial charge in [0.1, 0.15) is 5.82 Å². The third-order valence-corrected chi connectivity index (χ3v) is 3.39. The monoisotopic (exact) mass is 247 g/mol. The summed E-state index contributed by atoms with van der Waals surface area (Å²) in [6, 6.07) is 8.91. The van der Waals surface area contributed by atoms with Gasteiger partial charge in [-0.25, -0.2) is 4.39 Å². The summed E-state index contributed by atoms with van der Waals surface area (Å²) in [6.07, 6.45) is 0.957. The van der Waals surface area contributed by atoms with Gasteiger partial charge < -0.3 is 4.90 Å². The molecule has 18 heavy (non-hydrogen) atoms. The van der Waals surface area contributed by atoms with Gasteiger partial charge in [0.2, 0.25) is 0 Å². The lowest BCUT2D eigenvalue weighted by Gasteiger charge is -2.33. The van der Waals surface area contributed by atoms with E-state index in [1.165, 1.54) is 17.7 Å². The molecule has 0 atom stereocenters. The molecule has 1 aromatic carbocycles. The van der Waals surface area contributed by atoms with Gasteiger partial charge in [-0.2, -0.15) is 5.26 Å². The zero-order valence-corrected chi connectivity index (χ0v) is 10.5. The van der Waals surface area contributed by atoms with Crippen LogP contribution < -0.4 is 0 Å². The van der Waals surface area contributed by atoms with E-state index < -0.39 is 0 Å². The quantitative estimate of drug-likeness (QED) is 0.756. The minimum Gasteiger partial charge on any atom is -0.300 e. The fourth-order valence-corrected chi connectivity index (χ4v) is 2.21. The highest BCUT2D eigenvalue weighted by molar-refractivity contribution is 5.16. The highest BCUT2D eigenvalue weighted by atomic mass is 19.1. The largest absolute Gasteiger partial charge is 0.300 e. The van der Waals surface area contributed by atoms with Gasteiger partial charge in [0.25, 0.3) is 0 Å². The summed E-state index contributed by atoms with van der Waals surface area (Å²) in [4.78, 5) is 4.58. The fraction of sp³-hybridized carbons (Fsp3) is 0.500. The summed E-state index contributed by atoms with van der Waals surface area (Å²) in [5.74, 6) is -0.177. The normalized spacial score (nSPS) is 17.6. The molecule has 0 spiro atoms. The molecule has 1 aliphatic heterocycles. The molecular weight excluding hydrogens is 229 g/mol. The lowest BCUT2D eigenvalue weighted by atomic mass is 10.1. The fourth-order valence-electron chi connectivity index (χ4n) is 2.21. The average molecular weight is 247 g/mol. The first kappa shape index (κ1) is 13.0. The molecule has 0 radical (unpaired) electrons. The molecule has 0 bridgehead atoms. The Bertz CT molecular complexity index is 402. The second kappa shape index (κ2) is 6.48. The molecule has 1 fully saturated rings. The van der Waals surface area contributed by atoms with Crippen molar-refractivity contribution in [3.8, 4) is 6.07 Å². The minimum absolute atomic E-state index is 0.177. The molecule has 0 N–H and O–H groups in total. The van der Waals surface area contributed by atoms with Crippen LogP contribution in [0, 0.1) is 17.1 Å². The maximum atomic E-state index is 12.8. The first-order chi connectivity index (χ1) is 8.78. The van der Waals surface area contributed by atoms with Crippen LogP contribution in [0.2, 0.25) is 0 Å². The molecule has 4 heteroatoms. The van der Waals surface area contributed by atoms with Crippen LogP contribution in [-0.2, 0) is 6.42 Å². The molecule has 0 amide bonds. The van der Waals surface area contributed by atoms with Crippen molar-refractivity contribution in [3.05, 3.63) is 35.6 Å². The Labute approximate surface area is 107 Å². The number of piperazine rings is 1. The van der Waals surface area contributed by atoms with E-state index >= 15 is 0 Å². The minimum atomic E-state index is -0.177. The molecule has 1 heterocycles. The van der Waals surface area contributed by atoms with Gasteiger partial charge in [-0.05, 0) is 24.1 Å². The Hall–Kier alpha value is -1.44. The first-order valence-electron chi connectivity index (χ1n) is 6.34. The van der Waals surface area contributed by atoms with E-state index in [4.69, 9.17) is 5.26 Å². The van der Waals surface area contributed by atoms with Crippen molar-refractivity contribution >= 4 is 0 Å². The molecule has 3 nitrogen and oxygen atoms in total. The standard InChI is InChI=1S/C14H18FN3/c15-14-3-1-13(2-4-14)5-7-17-9-11-18(8-6-16)12-10-17/h1-4H,5,7-12H2. The lowest BCUT2D eigenvalue weighted by molar-refractivity contribution is 0.145. The predicted molar refractivity (Wildman–Crippen MR) is 68.6 cm³/mol. The summed E-state index contributed by atoms with van der Waals surface area (Å²) in [5, 5.41) is 8.62. The molecule has 1 aromatic rings. The molecule has 0 unspecified atom stereocenters. The highest BCUT2D eigenvalue weighted by Crippen LogP contribution is 2.06. The van der Waals surface area contributed by atoms with Crippen molar-refractivity contribution in [2.45, 2.75) is 6.42 Å². The van der Waals surface area contributed by atoms with E-state index in [2.05, 4.69) is 15.9 Å². The Morgan fingerprint density at radius 2 is 1.67 bits per heavy atom. The topological polar surface area (TPSA) is 30.3 Å². The maximum Gasteiger partial charge on any atom is 0.123 e. The Kier molecular flexibility index (Phi) is 4.68. The summed E-state index contributed by atoms with van der Waals surface area (Å²) in [6.45, 7) is 5.51. The van der Waals surface area contributed by atoms with E-state index in [0.29, 0.717) is 6.54 Å². The van der Waals surface area contributed by atoms with Gasteiger partial charge in [0.05, 0.1) is 12.6 Å². The SMILES string of the molecule is N#CCN1CCN(CCc2ccc(F)cc2)CC1. The molecule has 2 rings (SSSR count). The summed E-state index contributed by atoms with van der Waals surface area (Å²) < 4.78 is 12.8. The highest BCUT2D eigenvalue weighted by Gasteiger charge is 2.15. The van der Waals surface area contributed by atoms with Crippen LogP contribution in [0.1, 0.15) is 5.56 Å². The summed E-state index contributed by atoms with van der Waals surface area (Å²) in [5.41, 5.74) is 1.18. The van der Waals surface area contributed by atoms with Crippen LogP contribution in [0.4, 0.5) is 4.39 Å². The zero-order chi connectivity index (χ0) is 12.8. The number of rotatable bonds is 4.